The van der Waals surface area contributed by atoms with Crippen molar-refractivity contribution in [1.82, 2.24) is 4.98 Å². The van der Waals surface area contributed by atoms with E-state index >= 15 is 0 Å². The summed E-state index contributed by atoms with van der Waals surface area (Å²) in [4.78, 5) is 6.74. The molecule has 1 fully saturated rings. The molecule has 0 amide bonds. The molecular weight excluding hydrogens is 254 g/mol. The molecule has 0 bridgehead atoms. The number of hydrogen-bond acceptors (Lipinski definition) is 3. The highest BCUT2D eigenvalue weighted by molar-refractivity contribution is 9.10. The molecule has 0 atom stereocenters. The van der Waals surface area contributed by atoms with Gasteiger partial charge in [-0.05, 0) is 41.4 Å². The second kappa shape index (κ2) is 3.76. The van der Waals surface area contributed by atoms with Crippen molar-refractivity contribution < 1.29 is 0 Å². The first-order valence-corrected chi connectivity index (χ1v) is 6.00. The van der Waals surface area contributed by atoms with Crippen LogP contribution in [0.15, 0.2) is 16.6 Å². The lowest BCUT2D eigenvalue weighted by Crippen LogP contribution is -2.67. The Labute approximate surface area is 98.8 Å². The van der Waals surface area contributed by atoms with Crippen molar-refractivity contribution in [3.8, 4) is 0 Å². The number of nitrogens with zero attached hydrogens (tertiary/aromatic N) is 2. The van der Waals surface area contributed by atoms with Gasteiger partial charge in [0.25, 0.3) is 0 Å². The van der Waals surface area contributed by atoms with Crippen LogP contribution in [0.3, 0.4) is 0 Å². The van der Waals surface area contributed by atoms with Crippen LogP contribution in [0.1, 0.15) is 19.0 Å². The largest absolute Gasteiger partial charge is 0.353 e. The molecule has 0 saturated carbocycles. The van der Waals surface area contributed by atoms with E-state index in [0.29, 0.717) is 0 Å². The average Bonchev–Trinajstić information content (AvgIpc) is 2.18. The van der Waals surface area contributed by atoms with Crippen molar-refractivity contribution in [2.24, 2.45) is 5.73 Å². The lowest BCUT2D eigenvalue weighted by molar-refractivity contribution is 0.320. The molecule has 2 heterocycles. The number of hydrogen-bond donors (Lipinski definition) is 1. The minimum absolute atomic E-state index is 0.00264. The average molecular weight is 270 g/mol. The smallest absolute Gasteiger partial charge is 0.129 e. The summed E-state index contributed by atoms with van der Waals surface area (Å²) in [5.74, 6) is 1.03. The number of pyridine rings is 1. The van der Waals surface area contributed by atoms with E-state index in [1.54, 1.807) is 0 Å². The van der Waals surface area contributed by atoms with E-state index in [1.807, 2.05) is 19.1 Å². The number of aromatic nitrogens is 1. The van der Waals surface area contributed by atoms with Crippen molar-refractivity contribution in [2.75, 3.05) is 18.0 Å². The monoisotopic (exact) mass is 269 g/mol. The third-order valence-corrected chi connectivity index (χ3v) is 3.88. The minimum atomic E-state index is 0.00264. The van der Waals surface area contributed by atoms with E-state index in [-0.39, 0.29) is 5.54 Å². The van der Waals surface area contributed by atoms with Crippen molar-refractivity contribution in [1.29, 1.82) is 0 Å². The van der Waals surface area contributed by atoms with E-state index in [0.717, 1.165) is 35.5 Å². The Morgan fingerprint density at radius 3 is 2.73 bits per heavy atom. The molecule has 1 aromatic rings. The molecule has 2 rings (SSSR count). The van der Waals surface area contributed by atoms with Crippen LogP contribution in [0.25, 0.3) is 0 Å². The molecule has 3 nitrogen and oxygen atoms in total. The van der Waals surface area contributed by atoms with Crippen molar-refractivity contribution in [2.45, 2.75) is 25.8 Å². The lowest BCUT2D eigenvalue weighted by Gasteiger charge is -2.48. The fourth-order valence-electron chi connectivity index (χ4n) is 1.81. The molecule has 0 spiro atoms. The lowest BCUT2D eigenvalue weighted by atomic mass is 9.88. The summed E-state index contributed by atoms with van der Waals surface area (Å²) < 4.78 is 1.06. The molecule has 0 radical (unpaired) electrons. The van der Waals surface area contributed by atoms with Crippen molar-refractivity contribution in [3.63, 3.8) is 0 Å². The molecular formula is C11H16BrN3. The van der Waals surface area contributed by atoms with Gasteiger partial charge in [-0.25, -0.2) is 4.98 Å². The van der Waals surface area contributed by atoms with Gasteiger partial charge in [-0.15, -0.1) is 0 Å². The second-order valence-corrected chi connectivity index (χ2v) is 5.16. The third kappa shape index (κ3) is 2.01. The second-order valence-electron chi connectivity index (χ2n) is 4.31. The molecule has 0 unspecified atom stereocenters. The molecule has 1 aliphatic rings. The molecule has 82 valence electrons. The van der Waals surface area contributed by atoms with E-state index < -0.39 is 0 Å². The van der Waals surface area contributed by atoms with Crippen LogP contribution in [-0.2, 0) is 0 Å². The van der Waals surface area contributed by atoms with Gasteiger partial charge in [-0.2, -0.15) is 0 Å². The van der Waals surface area contributed by atoms with Gasteiger partial charge in [0.15, 0.2) is 0 Å². The fraction of sp³-hybridized carbons (Fsp3) is 0.545. The zero-order valence-electron chi connectivity index (χ0n) is 9.13. The summed E-state index contributed by atoms with van der Waals surface area (Å²) in [6.07, 6.45) is 1.03. The third-order valence-electron chi connectivity index (χ3n) is 3.05. The maximum Gasteiger partial charge on any atom is 0.129 e. The summed E-state index contributed by atoms with van der Waals surface area (Å²) in [6.45, 7) is 5.97. The van der Waals surface area contributed by atoms with Crippen LogP contribution in [-0.4, -0.2) is 23.6 Å². The highest BCUT2D eigenvalue weighted by atomic mass is 79.9. The standard InChI is InChI=1S/C11H16BrN3/c1-3-11(13)6-15(7-11)10-5-4-9(12)8(2)14-10/h4-5H,3,6-7,13H2,1-2H3. The maximum atomic E-state index is 6.12. The number of rotatable bonds is 2. The maximum absolute atomic E-state index is 6.12. The molecule has 4 heteroatoms. The van der Waals surface area contributed by atoms with Gasteiger partial charge in [-0.1, -0.05) is 6.92 Å². The number of halogens is 1. The highest BCUT2D eigenvalue weighted by Gasteiger charge is 2.38. The Hall–Kier alpha value is -0.610. The first-order chi connectivity index (χ1) is 7.04. The van der Waals surface area contributed by atoms with E-state index in [2.05, 4.69) is 32.7 Å². The van der Waals surface area contributed by atoms with Gasteiger partial charge in [0, 0.05) is 17.6 Å². The van der Waals surface area contributed by atoms with E-state index in [1.165, 1.54) is 0 Å². The van der Waals surface area contributed by atoms with Crippen LogP contribution in [0, 0.1) is 6.92 Å². The summed E-state index contributed by atoms with van der Waals surface area (Å²) in [5, 5.41) is 0. The zero-order valence-corrected chi connectivity index (χ0v) is 10.7. The Balaban J connectivity index is 2.10. The van der Waals surface area contributed by atoms with Crippen LogP contribution >= 0.6 is 15.9 Å². The summed E-state index contributed by atoms with van der Waals surface area (Å²) in [6, 6.07) is 4.08. The molecule has 1 saturated heterocycles. The summed E-state index contributed by atoms with van der Waals surface area (Å²) in [5.41, 5.74) is 7.15. The molecule has 0 aliphatic carbocycles. The van der Waals surface area contributed by atoms with Gasteiger partial charge < -0.3 is 10.6 Å². The van der Waals surface area contributed by atoms with Crippen molar-refractivity contribution >= 4 is 21.7 Å². The van der Waals surface area contributed by atoms with E-state index in [4.69, 9.17) is 5.73 Å². The topological polar surface area (TPSA) is 42.1 Å². The molecule has 2 N–H and O–H groups in total. The van der Waals surface area contributed by atoms with Crippen LogP contribution < -0.4 is 10.6 Å². The first-order valence-electron chi connectivity index (χ1n) is 5.21. The minimum Gasteiger partial charge on any atom is -0.353 e. The molecule has 1 aliphatic heterocycles. The highest BCUT2D eigenvalue weighted by Crippen LogP contribution is 2.28. The van der Waals surface area contributed by atoms with Gasteiger partial charge >= 0.3 is 0 Å². The zero-order chi connectivity index (χ0) is 11.1. The van der Waals surface area contributed by atoms with E-state index in [9.17, 15) is 0 Å². The molecule has 0 aromatic carbocycles. The Morgan fingerprint density at radius 2 is 2.20 bits per heavy atom. The predicted octanol–water partition coefficient (Wildman–Crippen LogP) is 2.08. The fourth-order valence-corrected chi connectivity index (χ4v) is 2.03. The molecule has 15 heavy (non-hydrogen) atoms. The quantitative estimate of drug-likeness (QED) is 0.894. The van der Waals surface area contributed by atoms with Gasteiger partial charge in [-0.3, -0.25) is 0 Å². The number of nitrogens with two attached hydrogens (primary N) is 1. The van der Waals surface area contributed by atoms with Gasteiger partial charge in [0.1, 0.15) is 5.82 Å². The van der Waals surface area contributed by atoms with Gasteiger partial charge in [0.05, 0.1) is 11.2 Å². The Bertz CT molecular complexity index is 372. The number of aryl methyl sites for hydroxylation is 1. The summed E-state index contributed by atoms with van der Waals surface area (Å²) in [7, 11) is 0. The molecule has 1 aromatic heterocycles. The van der Waals surface area contributed by atoms with Gasteiger partial charge in [0.2, 0.25) is 0 Å². The van der Waals surface area contributed by atoms with Crippen LogP contribution in [0.4, 0.5) is 5.82 Å². The Morgan fingerprint density at radius 1 is 1.53 bits per heavy atom. The first kappa shape index (κ1) is 10.9. The number of anilines is 1. The predicted molar refractivity (Wildman–Crippen MR) is 66.1 cm³/mol. The van der Waals surface area contributed by atoms with Crippen LogP contribution in [0.2, 0.25) is 0 Å². The SMILES string of the molecule is CCC1(N)CN(c2ccc(Br)c(C)n2)C1. The normalized spacial score (nSPS) is 18.8. The summed E-state index contributed by atoms with van der Waals surface area (Å²) >= 11 is 3.45. The van der Waals surface area contributed by atoms with Crippen LogP contribution in [0.5, 0.6) is 0 Å². The Kier molecular flexibility index (Phi) is 2.73. The van der Waals surface area contributed by atoms with Crippen molar-refractivity contribution in [3.05, 3.63) is 22.3 Å².